The number of ether oxygens (including phenoxy) is 2. The molecule has 0 radical (unpaired) electrons. The average Bonchev–Trinajstić information content (AvgIpc) is 2.49. The predicted molar refractivity (Wildman–Crippen MR) is 76.8 cm³/mol. The number of carboxylic acid groups (broad SMARTS) is 1. The van der Waals surface area contributed by atoms with Gasteiger partial charge in [0.05, 0.1) is 19.1 Å². The van der Waals surface area contributed by atoms with Crippen LogP contribution in [0.3, 0.4) is 0 Å². The molecule has 2 unspecified atom stereocenters. The lowest BCUT2D eigenvalue weighted by Gasteiger charge is -2.17. The Morgan fingerprint density at radius 2 is 1.95 bits per heavy atom. The van der Waals surface area contributed by atoms with Crippen molar-refractivity contribution in [1.29, 1.82) is 0 Å². The first-order valence-electron chi connectivity index (χ1n) is 6.70. The number of aliphatic carboxylic acids is 1. The molecule has 0 aliphatic carbocycles. The van der Waals surface area contributed by atoms with Gasteiger partial charge in [0.25, 0.3) is 0 Å². The first kappa shape index (κ1) is 17.1. The van der Waals surface area contributed by atoms with Crippen LogP contribution < -0.4 is 5.32 Å². The molecular formula is C15H21NO5. The summed E-state index contributed by atoms with van der Waals surface area (Å²) in [6.07, 6.45) is -1.32. The van der Waals surface area contributed by atoms with Gasteiger partial charge in [-0.25, -0.2) is 0 Å². The van der Waals surface area contributed by atoms with Gasteiger partial charge in [0.1, 0.15) is 6.10 Å². The normalized spacial score (nSPS) is 13.4. The van der Waals surface area contributed by atoms with E-state index in [1.807, 2.05) is 30.3 Å². The Kier molecular flexibility index (Phi) is 7.42. The van der Waals surface area contributed by atoms with E-state index in [0.717, 1.165) is 5.56 Å². The molecule has 1 aromatic rings. The number of benzene rings is 1. The molecule has 0 saturated heterocycles. The van der Waals surface area contributed by atoms with Gasteiger partial charge >= 0.3 is 5.97 Å². The summed E-state index contributed by atoms with van der Waals surface area (Å²) in [4.78, 5) is 22.4. The van der Waals surface area contributed by atoms with E-state index in [0.29, 0.717) is 6.61 Å². The van der Waals surface area contributed by atoms with Crippen LogP contribution in [0.1, 0.15) is 18.9 Å². The highest BCUT2D eigenvalue weighted by molar-refractivity contribution is 5.80. The highest BCUT2D eigenvalue weighted by Gasteiger charge is 2.17. The van der Waals surface area contributed by atoms with Crippen LogP contribution in [0.15, 0.2) is 30.3 Å². The third kappa shape index (κ3) is 6.87. The third-order valence-corrected chi connectivity index (χ3v) is 2.95. The maximum atomic E-state index is 11.8. The van der Waals surface area contributed by atoms with Crippen molar-refractivity contribution >= 4 is 11.9 Å². The van der Waals surface area contributed by atoms with Gasteiger partial charge in [0.15, 0.2) is 0 Å². The van der Waals surface area contributed by atoms with Crippen molar-refractivity contribution in [3.05, 3.63) is 35.9 Å². The van der Waals surface area contributed by atoms with E-state index in [2.05, 4.69) is 5.32 Å². The van der Waals surface area contributed by atoms with Crippen LogP contribution in [-0.4, -0.2) is 42.8 Å². The van der Waals surface area contributed by atoms with E-state index < -0.39 is 18.2 Å². The smallest absolute Gasteiger partial charge is 0.306 e. The summed E-state index contributed by atoms with van der Waals surface area (Å²) in [5, 5.41) is 11.3. The monoisotopic (exact) mass is 295 g/mol. The SMILES string of the molecule is COC(CNC(=O)C(C)OCc1ccccc1)CC(=O)O. The molecule has 0 bridgehead atoms. The summed E-state index contributed by atoms with van der Waals surface area (Å²) in [5.74, 6) is -1.26. The molecule has 0 spiro atoms. The molecule has 6 nitrogen and oxygen atoms in total. The molecule has 1 rings (SSSR count). The maximum absolute atomic E-state index is 11.8. The molecule has 21 heavy (non-hydrogen) atoms. The Labute approximate surface area is 124 Å². The van der Waals surface area contributed by atoms with E-state index >= 15 is 0 Å². The topological polar surface area (TPSA) is 84.9 Å². The average molecular weight is 295 g/mol. The Balaban J connectivity index is 2.32. The van der Waals surface area contributed by atoms with Crippen LogP contribution in [0.2, 0.25) is 0 Å². The van der Waals surface area contributed by atoms with Crippen molar-refractivity contribution in [3.8, 4) is 0 Å². The van der Waals surface area contributed by atoms with Crippen LogP contribution in [0.4, 0.5) is 0 Å². The van der Waals surface area contributed by atoms with Crippen molar-refractivity contribution in [2.24, 2.45) is 0 Å². The lowest BCUT2D eigenvalue weighted by molar-refractivity contribution is -0.140. The van der Waals surface area contributed by atoms with E-state index in [-0.39, 0.29) is 18.9 Å². The summed E-state index contributed by atoms with van der Waals surface area (Å²) in [6, 6.07) is 9.54. The second kappa shape index (κ2) is 9.10. The fraction of sp³-hybridized carbons (Fsp3) is 0.467. The Hall–Kier alpha value is -1.92. The summed E-state index contributed by atoms with van der Waals surface area (Å²) in [6.45, 7) is 2.14. The number of carbonyl (C=O) groups excluding carboxylic acids is 1. The summed E-state index contributed by atoms with van der Waals surface area (Å²) < 4.78 is 10.5. The maximum Gasteiger partial charge on any atom is 0.306 e. The van der Waals surface area contributed by atoms with Gasteiger partial charge in [0, 0.05) is 13.7 Å². The second-order valence-electron chi connectivity index (χ2n) is 4.64. The fourth-order valence-corrected chi connectivity index (χ4v) is 1.66. The van der Waals surface area contributed by atoms with Gasteiger partial charge < -0.3 is 19.9 Å². The first-order chi connectivity index (χ1) is 10.0. The van der Waals surface area contributed by atoms with Gasteiger partial charge in [-0.1, -0.05) is 30.3 Å². The van der Waals surface area contributed by atoms with Crippen molar-refractivity contribution in [2.75, 3.05) is 13.7 Å². The van der Waals surface area contributed by atoms with E-state index in [9.17, 15) is 9.59 Å². The lowest BCUT2D eigenvalue weighted by atomic mass is 10.2. The number of amides is 1. The minimum atomic E-state index is -0.968. The molecule has 2 atom stereocenters. The minimum absolute atomic E-state index is 0.140. The van der Waals surface area contributed by atoms with Crippen LogP contribution in [0, 0.1) is 0 Å². The standard InChI is InChI=1S/C15H21NO5/c1-11(21-10-12-6-4-3-5-7-12)15(19)16-9-13(20-2)8-14(17)18/h3-7,11,13H,8-10H2,1-2H3,(H,16,19)(H,17,18). The zero-order chi connectivity index (χ0) is 15.7. The number of hydrogen-bond acceptors (Lipinski definition) is 4. The molecule has 1 amide bonds. The van der Waals surface area contributed by atoms with Crippen LogP contribution in [0.25, 0.3) is 0 Å². The molecule has 0 saturated carbocycles. The highest BCUT2D eigenvalue weighted by Crippen LogP contribution is 2.03. The molecule has 116 valence electrons. The fourth-order valence-electron chi connectivity index (χ4n) is 1.66. The van der Waals surface area contributed by atoms with Crippen LogP contribution >= 0.6 is 0 Å². The van der Waals surface area contributed by atoms with Crippen molar-refractivity contribution in [2.45, 2.75) is 32.2 Å². The van der Waals surface area contributed by atoms with E-state index in [4.69, 9.17) is 14.6 Å². The van der Waals surface area contributed by atoms with E-state index in [1.165, 1.54) is 7.11 Å². The Bertz CT molecular complexity index is 449. The molecule has 2 N–H and O–H groups in total. The lowest BCUT2D eigenvalue weighted by Crippen LogP contribution is -2.40. The highest BCUT2D eigenvalue weighted by atomic mass is 16.5. The molecule has 0 aliphatic rings. The zero-order valence-electron chi connectivity index (χ0n) is 12.2. The minimum Gasteiger partial charge on any atom is -0.481 e. The molecule has 0 aromatic heterocycles. The number of rotatable bonds is 9. The van der Waals surface area contributed by atoms with Crippen molar-refractivity contribution in [3.63, 3.8) is 0 Å². The Morgan fingerprint density at radius 1 is 1.29 bits per heavy atom. The van der Waals surface area contributed by atoms with Gasteiger partial charge in [-0.15, -0.1) is 0 Å². The van der Waals surface area contributed by atoms with Gasteiger partial charge in [-0.3, -0.25) is 9.59 Å². The molecular weight excluding hydrogens is 274 g/mol. The quantitative estimate of drug-likeness (QED) is 0.715. The second-order valence-corrected chi connectivity index (χ2v) is 4.64. The van der Waals surface area contributed by atoms with Crippen molar-refractivity contribution < 1.29 is 24.2 Å². The summed E-state index contributed by atoms with van der Waals surface area (Å²) in [7, 11) is 1.41. The molecule has 6 heteroatoms. The number of carbonyl (C=O) groups is 2. The third-order valence-electron chi connectivity index (χ3n) is 2.95. The largest absolute Gasteiger partial charge is 0.481 e. The zero-order valence-corrected chi connectivity index (χ0v) is 12.2. The van der Waals surface area contributed by atoms with Crippen LogP contribution in [0.5, 0.6) is 0 Å². The number of carboxylic acids is 1. The summed E-state index contributed by atoms with van der Waals surface area (Å²) >= 11 is 0. The van der Waals surface area contributed by atoms with Gasteiger partial charge in [0.2, 0.25) is 5.91 Å². The van der Waals surface area contributed by atoms with Gasteiger partial charge in [-0.05, 0) is 12.5 Å². The predicted octanol–water partition coefficient (Wildman–Crippen LogP) is 1.20. The first-order valence-corrected chi connectivity index (χ1v) is 6.70. The number of methoxy groups -OCH3 is 1. The molecule has 0 fully saturated rings. The van der Waals surface area contributed by atoms with Gasteiger partial charge in [-0.2, -0.15) is 0 Å². The molecule has 1 aromatic carbocycles. The summed E-state index contributed by atoms with van der Waals surface area (Å²) in [5.41, 5.74) is 0.984. The van der Waals surface area contributed by atoms with E-state index in [1.54, 1.807) is 6.92 Å². The molecule has 0 heterocycles. The van der Waals surface area contributed by atoms with Crippen LogP contribution in [-0.2, 0) is 25.7 Å². The number of hydrogen-bond donors (Lipinski definition) is 2. The van der Waals surface area contributed by atoms with Crippen molar-refractivity contribution in [1.82, 2.24) is 5.32 Å². The molecule has 0 aliphatic heterocycles. The number of nitrogens with one attached hydrogen (secondary N) is 1. The Morgan fingerprint density at radius 3 is 2.52 bits per heavy atom.